The summed E-state index contributed by atoms with van der Waals surface area (Å²) in [7, 11) is 0. The molecule has 1 aliphatic rings. The van der Waals surface area contributed by atoms with Gasteiger partial charge >= 0.3 is 5.97 Å². The summed E-state index contributed by atoms with van der Waals surface area (Å²) in [6.45, 7) is 0.218. The Labute approximate surface area is 126 Å². The summed E-state index contributed by atoms with van der Waals surface area (Å²) in [6.07, 6.45) is 0.431. The molecular formula is C17H13NO4. The topological polar surface area (TPSA) is 74.7 Å². The molecular weight excluding hydrogens is 282 g/mol. The molecule has 0 aliphatic carbocycles. The first-order chi connectivity index (χ1) is 10.6. The van der Waals surface area contributed by atoms with Crippen LogP contribution in [-0.2, 0) is 22.6 Å². The maximum Gasteiger partial charge on any atom is 0.307 e. The third kappa shape index (κ3) is 2.26. The van der Waals surface area contributed by atoms with E-state index in [9.17, 15) is 14.4 Å². The van der Waals surface area contributed by atoms with E-state index in [0.29, 0.717) is 17.5 Å². The van der Waals surface area contributed by atoms with Gasteiger partial charge in [-0.2, -0.15) is 0 Å². The van der Waals surface area contributed by atoms with Crippen LogP contribution in [0, 0.1) is 0 Å². The quantitative estimate of drug-likeness (QED) is 0.876. The minimum atomic E-state index is -0.911. The largest absolute Gasteiger partial charge is 0.481 e. The number of nitrogens with zero attached hydrogens (tertiary/aromatic N) is 1. The predicted molar refractivity (Wildman–Crippen MR) is 79.2 cm³/mol. The smallest absolute Gasteiger partial charge is 0.307 e. The number of carboxylic acid groups (broad SMARTS) is 1. The van der Waals surface area contributed by atoms with Crippen molar-refractivity contribution in [1.82, 2.24) is 4.90 Å². The maximum absolute atomic E-state index is 12.1. The predicted octanol–water partition coefficient (Wildman–Crippen LogP) is 2.09. The van der Waals surface area contributed by atoms with Crippen LogP contribution in [0.3, 0.4) is 0 Å². The molecule has 2 amide bonds. The number of fused-ring (bicyclic) bond motifs is 1. The molecule has 0 fully saturated rings. The third-order valence-electron chi connectivity index (χ3n) is 3.77. The molecule has 2 aromatic rings. The van der Waals surface area contributed by atoms with Gasteiger partial charge in [0.05, 0.1) is 13.0 Å². The number of aliphatic carboxylic acids is 1. The Hall–Kier alpha value is -2.95. The monoisotopic (exact) mass is 295 g/mol. The number of imide groups is 1. The van der Waals surface area contributed by atoms with Crippen molar-refractivity contribution in [3.63, 3.8) is 0 Å². The molecule has 110 valence electrons. The second-order valence-electron chi connectivity index (χ2n) is 5.10. The maximum atomic E-state index is 12.1. The summed E-state index contributed by atoms with van der Waals surface area (Å²) < 4.78 is 0. The Morgan fingerprint density at radius 1 is 1.09 bits per heavy atom. The summed E-state index contributed by atoms with van der Waals surface area (Å²) >= 11 is 0. The van der Waals surface area contributed by atoms with E-state index in [1.165, 1.54) is 0 Å². The van der Waals surface area contributed by atoms with E-state index in [-0.39, 0.29) is 18.9 Å². The highest BCUT2D eigenvalue weighted by molar-refractivity contribution is 6.05. The van der Waals surface area contributed by atoms with Crippen LogP contribution in [0.15, 0.2) is 42.5 Å². The number of benzene rings is 2. The van der Waals surface area contributed by atoms with Gasteiger partial charge in [-0.25, -0.2) is 0 Å². The van der Waals surface area contributed by atoms with Gasteiger partial charge in [-0.15, -0.1) is 0 Å². The molecule has 0 unspecified atom stereocenters. The lowest BCUT2D eigenvalue weighted by molar-refractivity contribution is -0.136. The Balaban J connectivity index is 2.15. The zero-order valence-electron chi connectivity index (χ0n) is 11.7. The average Bonchev–Trinajstić information content (AvgIpc) is 2.84. The second kappa shape index (κ2) is 5.44. The summed E-state index contributed by atoms with van der Waals surface area (Å²) in [5.41, 5.74) is 3.52. The van der Waals surface area contributed by atoms with Crippen molar-refractivity contribution in [2.75, 3.05) is 0 Å². The van der Waals surface area contributed by atoms with Crippen LogP contribution in [-0.4, -0.2) is 28.3 Å². The number of carbonyl (C=O) groups is 3. The van der Waals surface area contributed by atoms with Crippen molar-refractivity contribution in [2.45, 2.75) is 13.0 Å². The summed E-state index contributed by atoms with van der Waals surface area (Å²) in [5, 5.41) is 9.05. The van der Waals surface area contributed by atoms with Crippen LogP contribution in [0.2, 0.25) is 0 Å². The van der Waals surface area contributed by atoms with Crippen LogP contribution in [0.5, 0.6) is 0 Å². The van der Waals surface area contributed by atoms with E-state index in [2.05, 4.69) is 0 Å². The Morgan fingerprint density at radius 3 is 2.50 bits per heavy atom. The van der Waals surface area contributed by atoms with Gasteiger partial charge in [0.25, 0.3) is 5.91 Å². The van der Waals surface area contributed by atoms with E-state index in [0.717, 1.165) is 21.6 Å². The SMILES string of the molecule is O=CN1Cc2c(cccc2-c2ccccc2CC(=O)O)C1=O. The van der Waals surface area contributed by atoms with Gasteiger partial charge in [-0.1, -0.05) is 36.4 Å². The highest BCUT2D eigenvalue weighted by atomic mass is 16.4. The molecule has 0 aromatic heterocycles. The van der Waals surface area contributed by atoms with Crippen molar-refractivity contribution >= 4 is 18.3 Å². The number of carbonyl (C=O) groups excluding carboxylic acids is 2. The number of carboxylic acids is 1. The minimum Gasteiger partial charge on any atom is -0.481 e. The van der Waals surface area contributed by atoms with Crippen molar-refractivity contribution in [1.29, 1.82) is 0 Å². The first kappa shape index (κ1) is 14.0. The fraction of sp³-hybridized carbons (Fsp3) is 0.118. The first-order valence-electron chi connectivity index (χ1n) is 6.80. The summed E-state index contributed by atoms with van der Waals surface area (Å²) in [5.74, 6) is -1.23. The zero-order valence-corrected chi connectivity index (χ0v) is 11.7. The van der Waals surface area contributed by atoms with Gasteiger partial charge in [-0.3, -0.25) is 19.3 Å². The molecule has 0 radical (unpaired) electrons. The molecule has 3 rings (SSSR count). The fourth-order valence-corrected chi connectivity index (χ4v) is 2.79. The van der Waals surface area contributed by atoms with Gasteiger partial charge in [0.2, 0.25) is 6.41 Å². The van der Waals surface area contributed by atoms with Gasteiger partial charge in [-0.05, 0) is 28.3 Å². The van der Waals surface area contributed by atoms with E-state index < -0.39 is 5.97 Å². The molecule has 5 nitrogen and oxygen atoms in total. The Bertz CT molecular complexity index is 782. The lowest BCUT2D eigenvalue weighted by Gasteiger charge is -2.11. The van der Waals surface area contributed by atoms with Crippen molar-refractivity contribution in [3.8, 4) is 11.1 Å². The lowest BCUT2D eigenvalue weighted by Crippen LogP contribution is -2.21. The normalized spacial score (nSPS) is 13.1. The molecule has 1 heterocycles. The number of rotatable bonds is 4. The molecule has 5 heteroatoms. The average molecular weight is 295 g/mol. The lowest BCUT2D eigenvalue weighted by atomic mass is 9.92. The first-order valence-corrected chi connectivity index (χ1v) is 6.80. The number of hydrogen-bond donors (Lipinski definition) is 1. The van der Waals surface area contributed by atoms with Crippen molar-refractivity contribution in [2.24, 2.45) is 0 Å². The molecule has 0 bridgehead atoms. The van der Waals surface area contributed by atoms with Crippen LogP contribution in [0.1, 0.15) is 21.5 Å². The second-order valence-corrected chi connectivity index (χ2v) is 5.10. The van der Waals surface area contributed by atoms with Crippen LogP contribution >= 0.6 is 0 Å². The van der Waals surface area contributed by atoms with Crippen molar-refractivity contribution < 1.29 is 19.5 Å². The van der Waals surface area contributed by atoms with Crippen LogP contribution in [0.4, 0.5) is 0 Å². The van der Waals surface area contributed by atoms with E-state index in [1.807, 2.05) is 18.2 Å². The Morgan fingerprint density at radius 2 is 1.77 bits per heavy atom. The molecule has 2 aromatic carbocycles. The molecule has 0 spiro atoms. The molecule has 0 saturated heterocycles. The van der Waals surface area contributed by atoms with Gasteiger partial charge in [0.15, 0.2) is 0 Å². The van der Waals surface area contributed by atoms with E-state index in [1.54, 1.807) is 24.3 Å². The summed E-state index contributed by atoms with van der Waals surface area (Å²) in [4.78, 5) is 35.2. The van der Waals surface area contributed by atoms with E-state index in [4.69, 9.17) is 5.11 Å². The minimum absolute atomic E-state index is 0.0921. The fourth-order valence-electron chi connectivity index (χ4n) is 2.79. The van der Waals surface area contributed by atoms with Crippen LogP contribution < -0.4 is 0 Å². The highest BCUT2D eigenvalue weighted by Crippen LogP contribution is 2.34. The van der Waals surface area contributed by atoms with Gasteiger partial charge < -0.3 is 5.11 Å². The molecule has 22 heavy (non-hydrogen) atoms. The summed E-state index contributed by atoms with van der Waals surface area (Å²) in [6, 6.07) is 12.5. The Kier molecular flexibility index (Phi) is 3.47. The van der Waals surface area contributed by atoms with Crippen LogP contribution in [0.25, 0.3) is 11.1 Å². The number of amides is 2. The molecule has 0 atom stereocenters. The molecule has 1 aliphatic heterocycles. The third-order valence-corrected chi connectivity index (χ3v) is 3.77. The molecule has 1 N–H and O–H groups in total. The van der Waals surface area contributed by atoms with E-state index >= 15 is 0 Å². The standard InChI is InChI=1S/C17H13NO4/c19-10-18-9-15-13(6-3-7-14(15)17(18)22)12-5-2-1-4-11(12)8-16(20)21/h1-7,10H,8-9H2,(H,20,21). The zero-order chi connectivity index (χ0) is 15.7. The number of hydrogen-bond acceptors (Lipinski definition) is 3. The highest BCUT2D eigenvalue weighted by Gasteiger charge is 2.29. The van der Waals surface area contributed by atoms with Crippen molar-refractivity contribution in [3.05, 3.63) is 59.2 Å². The van der Waals surface area contributed by atoms with Gasteiger partial charge in [0.1, 0.15) is 0 Å². The van der Waals surface area contributed by atoms with Gasteiger partial charge in [0, 0.05) is 5.56 Å². The molecule has 0 saturated carbocycles.